The molecule has 84 heavy (non-hydrogen) atoms. The molecule has 2 unspecified atom stereocenters. The van der Waals surface area contributed by atoms with Gasteiger partial charge in [0.2, 0.25) is 5.91 Å². The number of allylic oxidation sites excluding steroid dienone is 6. The lowest BCUT2D eigenvalue weighted by molar-refractivity contribution is -0.143. The number of rotatable bonds is 72. The lowest BCUT2D eigenvalue weighted by atomic mass is 10.0. The first kappa shape index (κ1) is 82.1. The number of ether oxygens (including phenoxy) is 1. The van der Waals surface area contributed by atoms with Gasteiger partial charge >= 0.3 is 5.97 Å². The molecule has 0 bridgehead atoms. The molecule has 0 aromatic heterocycles. The van der Waals surface area contributed by atoms with Gasteiger partial charge in [-0.1, -0.05) is 365 Å². The van der Waals surface area contributed by atoms with Crippen molar-refractivity contribution in [3.63, 3.8) is 0 Å². The van der Waals surface area contributed by atoms with Gasteiger partial charge in [-0.2, -0.15) is 0 Å². The number of unbranched alkanes of at least 4 members (excludes halogenated alkanes) is 55. The Morgan fingerprint density at radius 3 is 0.929 bits per heavy atom. The summed E-state index contributed by atoms with van der Waals surface area (Å²) in [5, 5.41) is 23.4. The molecule has 6 heteroatoms. The quantitative estimate of drug-likeness (QED) is 0.0320. The van der Waals surface area contributed by atoms with Crippen LogP contribution in [-0.2, 0) is 14.3 Å². The minimum Gasteiger partial charge on any atom is -0.466 e. The van der Waals surface area contributed by atoms with Crippen LogP contribution in [0.1, 0.15) is 425 Å². The van der Waals surface area contributed by atoms with E-state index in [4.69, 9.17) is 4.74 Å². The molecule has 6 nitrogen and oxygen atoms in total. The molecule has 0 spiro atoms. The zero-order valence-corrected chi connectivity index (χ0v) is 56.9. The van der Waals surface area contributed by atoms with Crippen LogP contribution in [0.4, 0.5) is 0 Å². The molecule has 0 aromatic rings. The Kier molecular flexibility index (Phi) is 71.9. The maximum Gasteiger partial charge on any atom is 0.305 e. The lowest BCUT2D eigenvalue weighted by Gasteiger charge is -2.22. The molecule has 0 rings (SSSR count). The summed E-state index contributed by atoms with van der Waals surface area (Å²) in [6.07, 6.45) is 95.1. The van der Waals surface area contributed by atoms with Crippen molar-refractivity contribution in [2.45, 2.75) is 437 Å². The molecule has 0 aliphatic carbocycles. The minimum atomic E-state index is -0.663. The van der Waals surface area contributed by atoms with Gasteiger partial charge in [0.25, 0.3) is 0 Å². The second-order valence-corrected chi connectivity index (χ2v) is 26.3. The van der Waals surface area contributed by atoms with Gasteiger partial charge in [-0.25, -0.2) is 0 Å². The van der Waals surface area contributed by atoms with Crippen molar-refractivity contribution in [3.05, 3.63) is 36.5 Å². The van der Waals surface area contributed by atoms with Crippen LogP contribution in [0.5, 0.6) is 0 Å². The van der Waals surface area contributed by atoms with Gasteiger partial charge in [0, 0.05) is 12.8 Å². The highest BCUT2D eigenvalue weighted by Gasteiger charge is 2.20. The molecule has 496 valence electrons. The number of hydrogen-bond donors (Lipinski definition) is 3. The Balaban J connectivity index is 3.37. The fraction of sp³-hybridized carbons (Fsp3) is 0.897. The van der Waals surface area contributed by atoms with Crippen LogP contribution in [-0.4, -0.2) is 47.4 Å². The van der Waals surface area contributed by atoms with Gasteiger partial charge < -0.3 is 20.3 Å². The van der Waals surface area contributed by atoms with Crippen LogP contribution in [0.2, 0.25) is 0 Å². The first-order chi connectivity index (χ1) is 41.5. The topological polar surface area (TPSA) is 95.9 Å². The molecule has 3 N–H and O–H groups in total. The number of aliphatic hydroxyl groups is 2. The standard InChI is InChI=1S/C78H149NO5/c1-3-5-7-9-11-13-15-17-18-19-37-40-43-47-50-54-58-62-66-70-76(81)75(74-80)79-77(82)71-67-63-59-55-51-48-44-41-38-35-33-31-29-27-25-23-21-20-22-24-26-28-30-32-34-36-39-42-45-49-53-57-61-65-69-73-84-78(83)72-68-64-60-56-52-46-16-14-12-10-8-6-4-2/h14,16,22,24,28,30,75-76,80-81H,3-13,15,17-21,23,25-27,29,31-74H2,1-2H3,(H,79,82)/b16-14-,24-22-,30-28-. The SMILES string of the molecule is CCCCCC/C=C\CCCCCCCC(=O)OCCCCCCCCCCCCC/C=C\C/C=C\CCCCCCCCCCCCCCCCCCCC(=O)NC(CO)C(O)CCCCCCCCCCCCCCCCCCCCC. The lowest BCUT2D eigenvalue weighted by Crippen LogP contribution is -2.45. The molecule has 0 saturated carbocycles. The number of carbonyl (C=O) groups is 2. The second kappa shape index (κ2) is 73.5. The average molecular weight is 1180 g/mol. The Morgan fingerprint density at radius 1 is 0.333 bits per heavy atom. The number of hydrogen-bond acceptors (Lipinski definition) is 5. The van der Waals surface area contributed by atoms with Gasteiger partial charge in [-0.05, 0) is 83.5 Å². The van der Waals surface area contributed by atoms with Gasteiger partial charge in [0.15, 0.2) is 0 Å². The molecule has 0 heterocycles. The first-order valence-electron chi connectivity index (χ1n) is 38.2. The van der Waals surface area contributed by atoms with Crippen LogP contribution in [0.3, 0.4) is 0 Å². The minimum absolute atomic E-state index is 0.00799. The van der Waals surface area contributed by atoms with E-state index in [1.54, 1.807) is 0 Å². The zero-order chi connectivity index (χ0) is 60.6. The Hall–Kier alpha value is -1.92. The van der Waals surface area contributed by atoms with Crippen molar-refractivity contribution in [2.24, 2.45) is 0 Å². The van der Waals surface area contributed by atoms with Gasteiger partial charge in [-0.15, -0.1) is 0 Å². The Morgan fingerprint density at radius 2 is 0.595 bits per heavy atom. The van der Waals surface area contributed by atoms with Gasteiger partial charge in [0.1, 0.15) is 0 Å². The summed E-state index contributed by atoms with van der Waals surface area (Å²) < 4.78 is 5.48. The summed E-state index contributed by atoms with van der Waals surface area (Å²) in [7, 11) is 0. The number of aliphatic hydroxyl groups excluding tert-OH is 2. The van der Waals surface area contributed by atoms with Crippen molar-refractivity contribution in [2.75, 3.05) is 13.2 Å². The maximum atomic E-state index is 12.5. The van der Waals surface area contributed by atoms with Crippen LogP contribution in [0, 0.1) is 0 Å². The third kappa shape index (κ3) is 69.2. The molecule has 0 aliphatic rings. The van der Waals surface area contributed by atoms with E-state index in [1.807, 2.05) is 0 Å². The Bertz CT molecular complexity index is 1360. The van der Waals surface area contributed by atoms with E-state index >= 15 is 0 Å². The van der Waals surface area contributed by atoms with Crippen molar-refractivity contribution < 1.29 is 24.5 Å². The van der Waals surface area contributed by atoms with E-state index in [2.05, 4.69) is 55.6 Å². The van der Waals surface area contributed by atoms with Crippen LogP contribution < -0.4 is 5.32 Å². The van der Waals surface area contributed by atoms with E-state index in [0.29, 0.717) is 25.9 Å². The number of nitrogens with one attached hydrogen (secondary N) is 1. The van der Waals surface area contributed by atoms with E-state index in [-0.39, 0.29) is 18.5 Å². The number of esters is 1. The largest absolute Gasteiger partial charge is 0.466 e. The predicted molar refractivity (Wildman–Crippen MR) is 370 cm³/mol. The first-order valence-corrected chi connectivity index (χ1v) is 38.2. The summed E-state index contributed by atoms with van der Waals surface area (Å²) in [6.45, 7) is 4.97. The molecule has 0 saturated heterocycles. The molecule has 0 radical (unpaired) electrons. The molecule has 0 aromatic carbocycles. The summed E-state index contributed by atoms with van der Waals surface area (Å²) in [5.74, 6) is -0.0204. The molecule has 2 atom stereocenters. The fourth-order valence-corrected chi connectivity index (χ4v) is 12.1. The summed E-state index contributed by atoms with van der Waals surface area (Å²) in [5.41, 5.74) is 0. The van der Waals surface area contributed by atoms with Gasteiger partial charge in [0.05, 0.1) is 25.4 Å². The third-order valence-corrected chi connectivity index (χ3v) is 17.9. The van der Waals surface area contributed by atoms with Crippen molar-refractivity contribution >= 4 is 11.9 Å². The summed E-state index contributed by atoms with van der Waals surface area (Å²) in [6, 6.07) is -0.540. The highest BCUT2D eigenvalue weighted by molar-refractivity contribution is 5.76. The van der Waals surface area contributed by atoms with E-state index < -0.39 is 12.1 Å². The van der Waals surface area contributed by atoms with Crippen molar-refractivity contribution in [3.8, 4) is 0 Å². The number of amides is 1. The molecule has 0 fully saturated rings. The third-order valence-electron chi connectivity index (χ3n) is 17.9. The molecule has 1 amide bonds. The van der Waals surface area contributed by atoms with Crippen molar-refractivity contribution in [1.82, 2.24) is 5.32 Å². The van der Waals surface area contributed by atoms with Crippen LogP contribution in [0.15, 0.2) is 36.5 Å². The summed E-state index contributed by atoms with van der Waals surface area (Å²) >= 11 is 0. The Labute approximate surface area is 525 Å². The molecule has 0 aliphatic heterocycles. The monoisotopic (exact) mass is 1180 g/mol. The van der Waals surface area contributed by atoms with Crippen molar-refractivity contribution in [1.29, 1.82) is 0 Å². The van der Waals surface area contributed by atoms with E-state index in [0.717, 1.165) is 51.4 Å². The fourth-order valence-electron chi connectivity index (χ4n) is 12.1. The molecular weight excluding hydrogens is 1030 g/mol. The highest BCUT2D eigenvalue weighted by Crippen LogP contribution is 2.19. The number of carbonyl (C=O) groups excluding carboxylic acids is 2. The maximum absolute atomic E-state index is 12.5. The normalized spacial score (nSPS) is 12.7. The van der Waals surface area contributed by atoms with Crippen LogP contribution in [0.25, 0.3) is 0 Å². The van der Waals surface area contributed by atoms with E-state index in [1.165, 1.54) is 340 Å². The van der Waals surface area contributed by atoms with Crippen LogP contribution >= 0.6 is 0 Å². The summed E-state index contributed by atoms with van der Waals surface area (Å²) in [4.78, 5) is 24.6. The average Bonchev–Trinajstić information content (AvgIpc) is 3.51. The second-order valence-electron chi connectivity index (χ2n) is 26.3. The highest BCUT2D eigenvalue weighted by atomic mass is 16.5. The smallest absolute Gasteiger partial charge is 0.305 e. The van der Waals surface area contributed by atoms with E-state index in [9.17, 15) is 19.8 Å². The molecular formula is C78H149NO5. The zero-order valence-electron chi connectivity index (χ0n) is 56.9. The van der Waals surface area contributed by atoms with Gasteiger partial charge in [-0.3, -0.25) is 9.59 Å². The predicted octanol–water partition coefficient (Wildman–Crippen LogP) is 25.0.